The zero-order valence-electron chi connectivity index (χ0n) is 11.1. The predicted octanol–water partition coefficient (Wildman–Crippen LogP) is 3.51. The standard InChI is InChI=1S/C13H17ClN2O3/c1-3-7-15(8-4-2)13(17)11-9-10(14)5-6-12(11)16(18)19/h5-6,9H,3-4,7-8H2,1-2H3. The molecule has 0 radical (unpaired) electrons. The topological polar surface area (TPSA) is 63.5 Å². The van der Waals surface area contributed by atoms with Gasteiger partial charge in [0, 0.05) is 24.2 Å². The average Bonchev–Trinajstić information content (AvgIpc) is 2.37. The number of nitrogens with zero attached hydrogens (tertiary/aromatic N) is 2. The molecule has 0 unspecified atom stereocenters. The van der Waals surface area contributed by atoms with Crippen molar-refractivity contribution in [2.75, 3.05) is 13.1 Å². The molecule has 0 saturated heterocycles. The number of hydrogen-bond acceptors (Lipinski definition) is 3. The lowest BCUT2D eigenvalue weighted by Gasteiger charge is -2.21. The Morgan fingerprint density at radius 1 is 1.32 bits per heavy atom. The minimum Gasteiger partial charge on any atom is -0.338 e. The first-order chi connectivity index (χ1) is 9.01. The number of benzene rings is 1. The first-order valence-electron chi connectivity index (χ1n) is 6.24. The first-order valence-corrected chi connectivity index (χ1v) is 6.62. The zero-order valence-corrected chi connectivity index (χ0v) is 11.8. The third-order valence-corrected chi connectivity index (χ3v) is 2.90. The van der Waals surface area contributed by atoms with E-state index < -0.39 is 4.92 Å². The van der Waals surface area contributed by atoms with Gasteiger partial charge in [-0.25, -0.2) is 0 Å². The maximum atomic E-state index is 12.4. The van der Waals surface area contributed by atoms with Crippen LogP contribution in [0.2, 0.25) is 5.02 Å². The van der Waals surface area contributed by atoms with Crippen LogP contribution in [0.25, 0.3) is 0 Å². The summed E-state index contributed by atoms with van der Waals surface area (Å²) in [5.74, 6) is -0.335. The average molecular weight is 285 g/mol. The number of nitro benzene ring substituents is 1. The minimum absolute atomic E-state index is 0.0550. The normalized spacial score (nSPS) is 10.3. The zero-order chi connectivity index (χ0) is 14.4. The Bertz CT molecular complexity index is 471. The number of amides is 1. The van der Waals surface area contributed by atoms with Crippen LogP contribution in [0.15, 0.2) is 18.2 Å². The van der Waals surface area contributed by atoms with E-state index in [1.165, 1.54) is 18.2 Å². The molecule has 1 amide bonds. The quantitative estimate of drug-likeness (QED) is 0.593. The summed E-state index contributed by atoms with van der Waals surface area (Å²) in [5.41, 5.74) is -0.147. The molecule has 1 rings (SSSR count). The molecule has 1 aromatic carbocycles. The summed E-state index contributed by atoms with van der Waals surface area (Å²) in [6.45, 7) is 5.08. The number of rotatable bonds is 6. The molecule has 0 bridgehead atoms. The van der Waals surface area contributed by atoms with Crippen LogP contribution in [0.3, 0.4) is 0 Å². The van der Waals surface area contributed by atoms with Gasteiger partial charge in [0.05, 0.1) is 4.92 Å². The number of carbonyl (C=O) groups excluding carboxylic acids is 1. The molecule has 0 N–H and O–H groups in total. The second-order valence-electron chi connectivity index (χ2n) is 4.21. The fourth-order valence-electron chi connectivity index (χ4n) is 1.86. The van der Waals surface area contributed by atoms with Crippen LogP contribution in [0.4, 0.5) is 5.69 Å². The molecule has 0 aliphatic carbocycles. The van der Waals surface area contributed by atoms with Crippen molar-refractivity contribution in [2.45, 2.75) is 26.7 Å². The molecule has 0 aliphatic rings. The fraction of sp³-hybridized carbons (Fsp3) is 0.462. The maximum Gasteiger partial charge on any atom is 0.282 e. The molecule has 0 atom stereocenters. The van der Waals surface area contributed by atoms with Crippen molar-refractivity contribution < 1.29 is 9.72 Å². The van der Waals surface area contributed by atoms with Crippen LogP contribution in [0, 0.1) is 10.1 Å². The van der Waals surface area contributed by atoms with Gasteiger partial charge in [0.1, 0.15) is 5.56 Å². The summed E-state index contributed by atoms with van der Waals surface area (Å²) in [6, 6.07) is 4.05. The van der Waals surface area contributed by atoms with Gasteiger partial charge in [-0.05, 0) is 25.0 Å². The summed E-state index contributed by atoms with van der Waals surface area (Å²) in [6.07, 6.45) is 1.61. The molecule has 0 aromatic heterocycles. The van der Waals surface area contributed by atoms with Gasteiger partial charge in [0.25, 0.3) is 11.6 Å². The third kappa shape index (κ3) is 3.92. The van der Waals surface area contributed by atoms with E-state index in [1.807, 2.05) is 13.8 Å². The Kier molecular flexibility index (Phi) is 5.76. The van der Waals surface area contributed by atoms with Gasteiger partial charge in [0.2, 0.25) is 0 Å². The number of nitro groups is 1. The van der Waals surface area contributed by atoms with E-state index in [4.69, 9.17) is 11.6 Å². The van der Waals surface area contributed by atoms with E-state index in [0.717, 1.165) is 12.8 Å². The molecule has 104 valence electrons. The van der Waals surface area contributed by atoms with Crippen LogP contribution in [-0.4, -0.2) is 28.8 Å². The molecule has 0 spiro atoms. The van der Waals surface area contributed by atoms with Gasteiger partial charge in [0.15, 0.2) is 0 Å². The third-order valence-electron chi connectivity index (χ3n) is 2.66. The largest absolute Gasteiger partial charge is 0.338 e. The Labute approximate surface area is 117 Å². The van der Waals surface area contributed by atoms with Crippen molar-refractivity contribution in [1.29, 1.82) is 0 Å². The van der Waals surface area contributed by atoms with E-state index in [1.54, 1.807) is 4.90 Å². The van der Waals surface area contributed by atoms with Gasteiger partial charge in [-0.3, -0.25) is 14.9 Å². The van der Waals surface area contributed by atoms with E-state index in [9.17, 15) is 14.9 Å². The van der Waals surface area contributed by atoms with Gasteiger partial charge < -0.3 is 4.90 Å². The first kappa shape index (κ1) is 15.4. The highest BCUT2D eigenvalue weighted by Crippen LogP contribution is 2.24. The van der Waals surface area contributed by atoms with Crippen molar-refractivity contribution in [3.63, 3.8) is 0 Å². The SMILES string of the molecule is CCCN(CCC)C(=O)c1cc(Cl)ccc1[N+](=O)[O-]. The Morgan fingerprint density at radius 2 is 1.89 bits per heavy atom. The Balaban J connectivity index is 3.15. The number of carbonyl (C=O) groups is 1. The molecule has 0 heterocycles. The molecular formula is C13H17ClN2O3. The van der Waals surface area contributed by atoms with Crippen LogP contribution in [-0.2, 0) is 0 Å². The van der Waals surface area contributed by atoms with Crippen molar-refractivity contribution in [3.05, 3.63) is 38.9 Å². The van der Waals surface area contributed by atoms with Crippen LogP contribution < -0.4 is 0 Å². The molecule has 0 saturated carbocycles. The van der Waals surface area contributed by atoms with Crippen LogP contribution in [0.5, 0.6) is 0 Å². The highest BCUT2D eigenvalue weighted by Gasteiger charge is 2.24. The summed E-state index contributed by atoms with van der Waals surface area (Å²) in [4.78, 5) is 24.4. The Morgan fingerprint density at radius 3 is 2.37 bits per heavy atom. The smallest absolute Gasteiger partial charge is 0.282 e. The second kappa shape index (κ2) is 7.09. The van der Waals surface area contributed by atoms with Gasteiger partial charge in [-0.1, -0.05) is 25.4 Å². The van der Waals surface area contributed by atoms with E-state index in [2.05, 4.69) is 0 Å². The summed E-state index contributed by atoms with van der Waals surface area (Å²) < 4.78 is 0. The van der Waals surface area contributed by atoms with Crippen LogP contribution in [0.1, 0.15) is 37.0 Å². The molecule has 5 nitrogen and oxygen atoms in total. The molecule has 0 aliphatic heterocycles. The highest BCUT2D eigenvalue weighted by atomic mass is 35.5. The van der Waals surface area contributed by atoms with E-state index >= 15 is 0 Å². The van der Waals surface area contributed by atoms with E-state index in [0.29, 0.717) is 18.1 Å². The van der Waals surface area contributed by atoms with Gasteiger partial charge in [-0.15, -0.1) is 0 Å². The lowest BCUT2D eigenvalue weighted by atomic mass is 10.1. The highest BCUT2D eigenvalue weighted by molar-refractivity contribution is 6.31. The summed E-state index contributed by atoms with van der Waals surface area (Å²) in [5, 5.41) is 11.3. The predicted molar refractivity (Wildman–Crippen MR) is 74.6 cm³/mol. The van der Waals surface area contributed by atoms with Gasteiger partial charge >= 0.3 is 0 Å². The minimum atomic E-state index is -0.556. The van der Waals surface area contributed by atoms with Crippen molar-refractivity contribution in [2.24, 2.45) is 0 Å². The van der Waals surface area contributed by atoms with Crippen molar-refractivity contribution >= 4 is 23.2 Å². The lowest BCUT2D eigenvalue weighted by Crippen LogP contribution is -2.32. The Hall–Kier alpha value is -1.62. The second-order valence-corrected chi connectivity index (χ2v) is 4.65. The number of hydrogen-bond donors (Lipinski definition) is 0. The van der Waals surface area contributed by atoms with Crippen molar-refractivity contribution in [1.82, 2.24) is 4.90 Å². The fourth-order valence-corrected chi connectivity index (χ4v) is 2.04. The molecule has 6 heteroatoms. The summed E-state index contributed by atoms with van der Waals surface area (Å²) >= 11 is 5.83. The van der Waals surface area contributed by atoms with Crippen molar-refractivity contribution in [3.8, 4) is 0 Å². The van der Waals surface area contributed by atoms with Gasteiger partial charge in [-0.2, -0.15) is 0 Å². The molecular weight excluding hydrogens is 268 g/mol. The van der Waals surface area contributed by atoms with Crippen LogP contribution >= 0.6 is 11.6 Å². The molecule has 19 heavy (non-hydrogen) atoms. The van der Waals surface area contributed by atoms with E-state index in [-0.39, 0.29) is 17.2 Å². The number of halogens is 1. The summed E-state index contributed by atoms with van der Waals surface area (Å²) in [7, 11) is 0. The maximum absolute atomic E-state index is 12.4. The monoisotopic (exact) mass is 284 g/mol. The molecule has 0 fully saturated rings. The molecule has 1 aromatic rings. The lowest BCUT2D eigenvalue weighted by molar-refractivity contribution is -0.385.